The Labute approximate surface area is 144 Å². The number of rotatable bonds is 5. The molecule has 4 heteroatoms. The van der Waals surface area contributed by atoms with Crippen molar-refractivity contribution in [3.05, 3.63) is 35.4 Å². The number of hydrogen-bond acceptors (Lipinski definition) is 2. The molecule has 3 rings (SSSR count). The molecule has 0 spiro atoms. The molecule has 1 aromatic carbocycles. The Morgan fingerprint density at radius 1 is 1.12 bits per heavy atom. The van der Waals surface area contributed by atoms with Crippen LogP contribution in [0.2, 0.25) is 0 Å². The van der Waals surface area contributed by atoms with E-state index in [2.05, 4.69) is 24.4 Å². The van der Waals surface area contributed by atoms with Gasteiger partial charge in [0.1, 0.15) is 0 Å². The van der Waals surface area contributed by atoms with Crippen molar-refractivity contribution in [3.8, 4) is 0 Å². The maximum absolute atomic E-state index is 12.3. The zero-order chi connectivity index (χ0) is 16.9. The molecule has 0 bridgehead atoms. The van der Waals surface area contributed by atoms with Gasteiger partial charge in [0, 0.05) is 32.0 Å². The predicted molar refractivity (Wildman–Crippen MR) is 94.7 cm³/mol. The molecule has 1 heterocycles. The molecule has 0 aromatic heterocycles. The average molecular weight is 328 g/mol. The summed E-state index contributed by atoms with van der Waals surface area (Å²) in [5.41, 5.74) is 2.55. The number of nitrogens with zero attached hydrogens (tertiary/aromatic N) is 1. The molecule has 24 heavy (non-hydrogen) atoms. The van der Waals surface area contributed by atoms with Gasteiger partial charge in [-0.05, 0) is 43.2 Å². The highest BCUT2D eigenvalue weighted by Crippen LogP contribution is 2.48. The van der Waals surface area contributed by atoms with Crippen LogP contribution in [0.3, 0.4) is 0 Å². The summed E-state index contributed by atoms with van der Waals surface area (Å²) in [6, 6.07) is 8.29. The minimum Gasteiger partial charge on any atom is -0.355 e. The maximum Gasteiger partial charge on any atom is 0.224 e. The normalized spacial score (nSPS) is 23.5. The van der Waals surface area contributed by atoms with Crippen molar-refractivity contribution in [2.24, 2.45) is 5.92 Å². The van der Waals surface area contributed by atoms with E-state index in [1.165, 1.54) is 24.0 Å². The topological polar surface area (TPSA) is 49.4 Å². The van der Waals surface area contributed by atoms with Gasteiger partial charge >= 0.3 is 0 Å². The number of amides is 2. The molecule has 4 nitrogen and oxygen atoms in total. The number of carbonyl (C=O) groups excluding carboxylic acids is 2. The van der Waals surface area contributed by atoms with E-state index >= 15 is 0 Å². The molecule has 1 saturated carbocycles. The smallest absolute Gasteiger partial charge is 0.224 e. The van der Waals surface area contributed by atoms with Gasteiger partial charge in [0.05, 0.1) is 0 Å². The molecule has 1 N–H and O–H groups in total. The van der Waals surface area contributed by atoms with Crippen LogP contribution in [0.5, 0.6) is 0 Å². The number of carbonyl (C=O) groups is 2. The van der Waals surface area contributed by atoms with Crippen LogP contribution in [0.15, 0.2) is 24.3 Å². The molecular weight excluding hydrogens is 300 g/mol. The van der Waals surface area contributed by atoms with Crippen molar-refractivity contribution in [2.75, 3.05) is 19.6 Å². The molecule has 2 atom stereocenters. The Hall–Kier alpha value is -1.84. The van der Waals surface area contributed by atoms with E-state index in [0.29, 0.717) is 18.9 Å². The Bertz CT molecular complexity index is 591. The lowest BCUT2D eigenvalue weighted by atomic mass is 10.0. The number of aryl methyl sites for hydroxylation is 1. The van der Waals surface area contributed by atoms with Crippen molar-refractivity contribution in [1.82, 2.24) is 10.2 Å². The molecule has 1 aliphatic carbocycles. The largest absolute Gasteiger partial charge is 0.355 e. The Morgan fingerprint density at radius 3 is 2.54 bits per heavy atom. The third-order valence-corrected chi connectivity index (χ3v) is 5.31. The van der Waals surface area contributed by atoms with Crippen molar-refractivity contribution < 1.29 is 9.59 Å². The highest BCUT2D eigenvalue weighted by atomic mass is 16.2. The fourth-order valence-electron chi connectivity index (χ4n) is 3.73. The highest BCUT2D eigenvalue weighted by molar-refractivity contribution is 5.84. The van der Waals surface area contributed by atoms with Gasteiger partial charge in [-0.2, -0.15) is 0 Å². The van der Waals surface area contributed by atoms with Gasteiger partial charge in [-0.25, -0.2) is 0 Å². The quantitative estimate of drug-likeness (QED) is 0.903. The first kappa shape index (κ1) is 17.0. The minimum absolute atomic E-state index is 0.0828. The van der Waals surface area contributed by atoms with Crippen molar-refractivity contribution >= 4 is 11.8 Å². The van der Waals surface area contributed by atoms with Crippen LogP contribution in [0.4, 0.5) is 0 Å². The summed E-state index contributed by atoms with van der Waals surface area (Å²) in [6.07, 6.45) is 6.02. The van der Waals surface area contributed by atoms with Crippen molar-refractivity contribution in [1.29, 1.82) is 0 Å². The monoisotopic (exact) mass is 328 g/mol. The fourth-order valence-corrected chi connectivity index (χ4v) is 3.73. The van der Waals surface area contributed by atoms with E-state index in [-0.39, 0.29) is 17.7 Å². The molecule has 130 valence electrons. The second-order valence-electron chi connectivity index (χ2n) is 7.14. The summed E-state index contributed by atoms with van der Waals surface area (Å²) in [4.78, 5) is 26.5. The lowest BCUT2D eigenvalue weighted by Gasteiger charge is -2.20. The maximum atomic E-state index is 12.3. The van der Waals surface area contributed by atoms with Gasteiger partial charge in [0.25, 0.3) is 0 Å². The summed E-state index contributed by atoms with van der Waals surface area (Å²) in [5, 5.41) is 2.96. The molecule has 2 aliphatic rings. The average Bonchev–Trinajstić information content (AvgIpc) is 3.39. The lowest BCUT2D eigenvalue weighted by Crippen LogP contribution is -2.35. The lowest BCUT2D eigenvalue weighted by molar-refractivity contribution is -0.131. The molecule has 2 fully saturated rings. The van der Waals surface area contributed by atoms with Crippen LogP contribution >= 0.6 is 0 Å². The van der Waals surface area contributed by atoms with E-state index in [4.69, 9.17) is 0 Å². The first-order valence-electron chi connectivity index (χ1n) is 9.28. The molecule has 0 radical (unpaired) electrons. The number of hydrogen-bond donors (Lipinski definition) is 1. The van der Waals surface area contributed by atoms with Gasteiger partial charge in [-0.3, -0.25) is 9.59 Å². The number of nitrogens with one attached hydrogen (secondary N) is 1. The van der Waals surface area contributed by atoms with Crippen LogP contribution in [-0.4, -0.2) is 36.3 Å². The third kappa shape index (κ3) is 4.16. The molecule has 2 amide bonds. The van der Waals surface area contributed by atoms with Crippen molar-refractivity contribution in [2.45, 2.75) is 51.4 Å². The number of likely N-dealkylation sites (tertiary alicyclic amines) is 1. The zero-order valence-electron chi connectivity index (χ0n) is 14.6. The molecule has 0 unspecified atom stereocenters. The second kappa shape index (κ2) is 7.82. The van der Waals surface area contributed by atoms with Gasteiger partial charge < -0.3 is 10.2 Å². The molecule has 1 saturated heterocycles. The van der Waals surface area contributed by atoms with E-state index in [1.807, 2.05) is 17.0 Å². The van der Waals surface area contributed by atoms with Gasteiger partial charge in [0.15, 0.2) is 0 Å². The second-order valence-corrected chi connectivity index (χ2v) is 7.14. The minimum atomic E-state index is 0.0828. The summed E-state index contributed by atoms with van der Waals surface area (Å²) >= 11 is 0. The van der Waals surface area contributed by atoms with Crippen LogP contribution in [0, 0.1) is 12.8 Å². The Kier molecular flexibility index (Phi) is 5.54. The van der Waals surface area contributed by atoms with Crippen LogP contribution in [0.1, 0.15) is 55.6 Å². The van der Waals surface area contributed by atoms with E-state index in [1.54, 1.807) is 0 Å². The van der Waals surface area contributed by atoms with Crippen LogP contribution in [0.25, 0.3) is 0 Å². The first-order chi connectivity index (χ1) is 11.7. The van der Waals surface area contributed by atoms with Crippen molar-refractivity contribution in [3.63, 3.8) is 0 Å². The highest BCUT2D eigenvalue weighted by Gasteiger charge is 2.44. The van der Waals surface area contributed by atoms with E-state index in [0.717, 1.165) is 32.4 Å². The van der Waals surface area contributed by atoms with Gasteiger partial charge in [-0.1, -0.05) is 37.1 Å². The Morgan fingerprint density at radius 2 is 1.83 bits per heavy atom. The standard InChI is InChI=1S/C20H28N2O2/c1-15-8-4-5-9-16(15)17-14-18(17)20(24)21-11-10-19(23)22-12-6-2-3-7-13-22/h4-5,8-9,17-18H,2-3,6-7,10-14H2,1H3,(H,21,24)/t17-,18+/m1/s1. The van der Waals surface area contributed by atoms with E-state index in [9.17, 15) is 9.59 Å². The van der Waals surface area contributed by atoms with Gasteiger partial charge in [0.2, 0.25) is 11.8 Å². The van der Waals surface area contributed by atoms with Crippen LogP contribution in [-0.2, 0) is 9.59 Å². The number of benzene rings is 1. The predicted octanol–water partition coefficient (Wildman–Crippen LogP) is 3.01. The summed E-state index contributed by atoms with van der Waals surface area (Å²) in [6.45, 7) is 4.32. The summed E-state index contributed by atoms with van der Waals surface area (Å²) in [5.74, 6) is 0.724. The molecular formula is C20H28N2O2. The van der Waals surface area contributed by atoms with Gasteiger partial charge in [-0.15, -0.1) is 0 Å². The summed E-state index contributed by atoms with van der Waals surface area (Å²) in [7, 11) is 0. The molecule has 1 aromatic rings. The summed E-state index contributed by atoms with van der Waals surface area (Å²) < 4.78 is 0. The van der Waals surface area contributed by atoms with Crippen LogP contribution < -0.4 is 5.32 Å². The third-order valence-electron chi connectivity index (χ3n) is 5.31. The fraction of sp³-hybridized carbons (Fsp3) is 0.600. The zero-order valence-corrected chi connectivity index (χ0v) is 14.6. The SMILES string of the molecule is Cc1ccccc1[C@H]1C[C@@H]1C(=O)NCCC(=O)N1CCCCCC1. The Balaban J connectivity index is 1.40. The first-order valence-corrected chi connectivity index (χ1v) is 9.28. The molecule has 1 aliphatic heterocycles. The van der Waals surface area contributed by atoms with E-state index < -0.39 is 0 Å².